The van der Waals surface area contributed by atoms with E-state index in [1.807, 2.05) is 60.7 Å². The molecule has 0 aliphatic carbocycles. The molecule has 0 amide bonds. The third-order valence-corrected chi connectivity index (χ3v) is 4.85. The highest BCUT2D eigenvalue weighted by atomic mass is 32.2. The summed E-state index contributed by atoms with van der Waals surface area (Å²) in [5.74, 6) is 1.39. The first kappa shape index (κ1) is 16.7. The molecule has 2 aromatic carbocycles. The van der Waals surface area contributed by atoms with Gasteiger partial charge in [0, 0.05) is 11.3 Å². The first-order chi connectivity index (χ1) is 11.8. The lowest BCUT2D eigenvalue weighted by atomic mass is 10.1. The van der Waals surface area contributed by atoms with Crippen molar-refractivity contribution in [1.29, 1.82) is 0 Å². The fourth-order valence-corrected chi connectivity index (χ4v) is 3.35. The summed E-state index contributed by atoms with van der Waals surface area (Å²) >= 11 is 1.46. The minimum absolute atomic E-state index is 0.197. The van der Waals surface area contributed by atoms with E-state index in [0.717, 1.165) is 11.1 Å². The molecule has 2 N–H and O–H groups in total. The smallest absolute Gasteiger partial charge is 0.244 e. The second kappa shape index (κ2) is 8.10. The lowest BCUT2D eigenvalue weighted by Gasteiger charge is -2.14. The van der Waals surface area contributed by atoms with Crippen LogP contribution in [0.3, 0.4) is 0 Å². The predicted molar refractivity (Wildman–Crippen MR) is 93.6 cm³/mol. The third kappa shape index (κ3) is 4.03. The molecule has 1 heterocycles. The molecule has 0 saturated heterocycles. The Balaban J connectivity index is 1.87. The first-order valence-electron chi connectivity index (χ1n) is 7.62. The summed E-state index contributed by atoms with van der Waals surface area (Å²) in [6.45, 7) is -0.270. The van der Waals surface area contributed by atoms with Crippen molar-refractivity contribution in [2.24, 2.45) is 0 Å². The van der Waals surface area contributed by atoms with Gasteiger partial charge in [0.2, 0.25) is 11.7 Å². The van der Waals surface area contributed by atoms with E-state index < -0.39 is 6.10 Å². The number of hydrogen-bond acceptors (Lipinski definition) is 6. The molecule has 2 atom stereocenters. The summed E-state index contributed by atoms with van der Waals surface area (Å²) in [5, 5.41) is 22.5. The van der Waals surface area contributed by atoms with Gasteiger partial charge in [-0.05, 0) is 5.56 Å². The Morgan fingerprint density at radius 1 is 1.00 bits per heavy atom. The molecular weight excluding hydrogens is 324 g/mol. The molecule has 1 aromatic heterocycles. The molecule has 0 aliphatic rings. The van der Waals surface area contributed by atoms with Crippen LogP contribution >= 0.6 is 11.8 Å². The summed E-state index contributed by atoms with van der Waals surface area (Å²) < 4.78 is 5.48. The van der Waals surface area contributed by atoms with Crippen LogP contribution in [-0.4, -0.2) is 38.8 Å². The molecule has 0 spiro atoms. The van der Waals surface area contributed by atoms with Gasteiger partial charge < -0.3 is 14.7 Å². The van der Waals surface area contributed by atoms with E-state index in [1.54, 1.807) is 0 Å². The Morgan fingerprint density at radius 2 is 1.67 bits per heavy atom. The second-order valence-corrected chi connectivity index (χ2v) is 6.42. The van der Waals surface area contributed by atoms with Crippen LogP contribution in [0.15, 0.2) is 65.2 Å². The zero-order chi connectivity index (χ0) is 16.8. The monoisotopic (exact) mass is 342 g/mol. The Kier molecular flexibility index (Phi) is 5.63. The van der Waals surface area contributed by atoms with Crippen LogP contribution in [0.1, 0.15) is 16.7 Å². The highest BCUT2D eigenvalue weighted by molar-refractivity contribution is 7.99. The molecule has 124 valence electrons. The van der Waals surface area contributed by atoms with Gasteiger partial charge in [-0.25, -0.2) is 0 Å². The maximum atomic E-state index is 9.65. The van der Waals surface area contributed by atoms with Crippen molar-refractivity contribution in [2.75, 3.05) is 12.4 Å². The van der Waals surface area contributed by atoms with Gasteiger partial charge in [0.05, 0.1) is 12.7 Å². The van der Waals surface area contributed by atoms with Crippen LogP contribution < -0.4 is 0 Å². The number of rotatable bonds is 7. The molecule has 6 heteroatoms. The highest BCUT2D eigenvalue weighted by Crippen LogP contribution is 2.35. The van der Waals surface area contributed by atoms with E-state index in [2.05, 4.69) is 10.1 Å². The van der Waals surface area contributed by atoms with Gasteiger partial charge in [-0.15, -0.1) is 11.8 Å². The lowest BCUT2D eigenvalue weighted by Crippen LogP contribution is -2.16. The average molecular weight is 342 g/mol. The van der Waals surface area contributed by atoms with Gasteiger partial charge >= 0.3 is 0 Å². The van der Waals surface area contributed by atoms with E-state index in [-0.39, 0.29) is 11.9 Å². The van der Waals surface area contributed by atoms with Gasteiger partial charge in [0.15, 0.2) is 0 Å². The fourth-order valence-electron chi connectivity index (χ4n) is 2.24. The standard InChI is InChI=1S/C18H18N2O3S/c21-11-15(22)12-24-16(13-7-3-1-4-8-13)18-19-17(20-23-18)14-9-5-2-6-10-14/h1-10,15-16,21-22H,11-12H2. The molecule has 0 aliphatic heterocycles. The molecule has 3 rings (SSSR count). The number of benzene rings is 2. The Morgan fingerprint density at radius 3 is 2.33 bits per heavy atom. The van der Waals surface area contributed by atoms with Crippen LogP contribution in [0.5, 0.6) is 0 Å². The molecule has 0 fully saturated rings. The van der Waals surface area contributed by atoms with Crippen molar-refractivity contribution in [2.45, 2.75) is 11.4 Å². The minimum atomic E-state index is -0.780. The van der Waals surface area contributed by atoms with Crippen molar-refractivity contribution < 1.29 is 14.7 Å². The van der Waals surface area contributed by atoms with Gasteiger partial charge in [0.25, 0.3) is 0 Å². The van der Waals surface area contributed by atoms with Gasteiger partial charge in [-0.3, -0.25) is 0 Å². The van der Waals surface area contributed by atoms with Crippen LogP contribution in [0, 0.1) is 0 Å². The van der Waals surface area contributed by atoms with E-state index >= 15 is 0 Å². The predicted octanol–water partition coefficient (Wildman–Crippen LogP) is 2.91. The topological polar surface area (TPSA) is 79.4 Å². The highest BCUT2D eigenvalue weighted by Gasteiger charge is 2.23. The summed E-state index contributed by atoms with van der Waals surface area (Å²) in [6.07, 6.45) is -0.780. The maximum absolute atomic E-state index is 9.65. The van der Waals surface area contributed by atoms with Crippen LogP contribution in [0.2, 0.25) is 0 Å². The largest absolute Gasteiger partial charge is 0.394 e. The minimum Gasteiger partial charge on any atom is -0.394 e. The first-order valence-corrected chi connectivity index (χ1v) is 8.67. The molecule has 5 nitrogen and oxygen atoms in total. The molecule has 2 unspecified atom stereocenters. The number of aliphatic hydroxyl groups excluding tert-OH is 2. The van der Waals surface area contributed by atoms with E-state index in [4.69, 9.17) is 9.63 Å². The van der Waals surface area contributed by atoms with Crippen molar-refractivity contribution in [1.82, 2.24) is 10.1 Å². The fraction of sp³-hybridized carbons (Fsp3) is 0.222. The maximum Gasteiger partial charge on any atom is 0.244 e. The summed E-state index contributed by atoms with van der Waals surface area (Å²) in [4.78, 5) is 4.52. The SMILES string of the molecule is OCC(O)CSC(c1ccccc1)c1nc(-c2ccccc2)no1. The van der Waals surface area contributed by atoms with Gasteiger partial charge in [0.1, 0.15) is 5.25 Å². The van der Waals surface area contributed by atoms with E-state index in [1.165, 1.54) is 11.8 Å². The number of aliphatic hydroxyl groups is 2. The van der Waals surface area contributed by atoms with Crippen molar-refractivity contribution in [3.63, 3.8) is 0 Å². The Labute approximate surface area is 144 Å². The van der Waals surface area contributed by atoms with Crippen molar-refractivity contribution in [3.8, 4) is 11.4 Å². The molecule has 0 saturated carbocycles. The van der Waals surface area contributed by atoms with Crippen LogP contribution in [-0.2, 0) is 0 Å². The molecular formula is C18H18N2O3S. The zero-order valence-corrected chi connectivity index (χ0v) is 13.8. The lowest BCUT2D eigenvalue weighted by molar-refractivity contribution is 0.113. The van der Waals surface area contributed by atoms with Gasteiger partial charge in [-0.1, -0.05) is 65.8 Å². The van der Waals surface area contributed by atoms with E-state index in [0.29, 0.717) is 17.5 Å². The van der Waals surface area contributed by atoms with E-state index in [9.17, 15) is 5.11 Å². The quantitative estimate of drug-likeness (QED) is 0.687. The molecule has 3 aromatic rings. The third-order valence-electron chi connectivity index (χ3n) is 3.47. The normalized spacial score (nSPS) is 13.6. The van der Waals surface area contributed by atoms with Gasteiger partial charge in [-0.2, -0.15) is 4.98 Å². The summed E-state index contributed by atoms with van der Waals surface area (Å²) in [7, 11) is 0. The van der Waals surface area contributed by atoms with Crippen LogP contribution in [0.25, 0.3) is 11.4 Å². The van der Waals surface area contributed by atoms with Crippen molar-refractivity contribution in [3.05, 3.63) is 72.1 Å². The number of hydrogen-bond donors (Lipinski definition) is 2. The number of aromatic nitrogens is 2. The van der Waals surface area contributed by atoms with Crippen molar-refractivity contribution >= 4 is 11.8 Å². The summed E-state index contributed by atoms with van der Waals surface area (Å²) in [6, 6.07) is 19.4. The molecule has 0 bridgehead atoms. The summed E-state index contributed by atoms with van der Waals surface area (Å²) in [5.41, 5.74) is 1.90. The zero-order valence-electron chi connectivity index (χ0n) is 12.9. The number of nitrogens with zero attached hydrogens (tertiary/aromatic N) is 2. The second-order valence-electron chi connectivity index (χ2n) is 5.28. The average Bonchev–Trinajstić information content (AvgIpc) is 3.13. The Bertz CT molecular complexity index is 749. The Hall–Kier alpha value is -2.15. The number of thioether (sulfide) groups is 1. The molecule has 24 heavy (non-hydrogen) atoms. The van der Waals surface area contributed by atoms with Crippen LogP contribution in [0.4, 0.5) is 0 Å². The molecule has 0 radical (unpaired) electrons.